The Kier molecular flexibility index (Phi) is 4.73. The van der Waals surface area contributed by atoms with Crippen LogP contribution in [-0.2, 0) is 19.2 Å². The predicted octanol–water partition coefficient (Wildman–Crippen LogP) is -2.29. The summed E-state index contributed by atoms with van der Waals surface area (Å²) in [7, 11) is 0. The number of hydrogen-bond donors (Lipinski definition) is 3. The molecule has 0 spiro atoms. The Morgan fingerprint density at radius 3 is 1.56 bits per heavy atom. The Morgan fingerprint density at radius 1 is 0.938 bits per heavy atom. The van der Waals surface area contributed by atoms with Gasteiger partial charge in [0.05, 0.1) is 0 Å². The molecule has 3 amide bonds. The van der Waals surface area contributed by atoms with E-state index in [1.54, 1.807) is 0 Å². The van der Waals surface area contributed by atoms with Gasteiger partial charge in [-0.15, -0.1) is 0 Å². The lowest BCUT2D eigenvalue weighted by Crippen LogP contribution is -2.50. The van der Waals surface area contributed by atoms with Gasteiger partial charge in [0.25, 0.3) is 5.91 Å². The second-order valence-corrected chi connectivity index (χ2v) is 2.94. The minimum atomic E-state index is -2.39. The third-order valence-electron chi connectivity index (χ3n) is 1.66. The van der Waals surface area contributed by atoms with Gasteiger partial charge in [-0.2, -0.15) is 0 Å². The number of carboxylic acid groups (broad SMARTS) is 1. The highest BCUT2D eigenvalue weighted by Gasteiger charge is 2.36. The van der Waals surface area contributed by atoms with E-state index in [0.717, 1.165) is 13.8 Å². The molecular weight excluding hydrogens is 222 g/mol. The van der Waals surface area contributed by atoms with Gasteiger partial charge in [0, 0.05) is 13.8 Å². The molecule has 0 radical (unpaired) electrons. The van der Waals surface area contributed by atoms with E-state index >= 15 is 0 Å². The molecule has 0 bridgehead atoms. The van der Waals surface area contributed by atoms with Gasteiger partial charge in [-0.3, -0.25) is 14.4 Å². The molecule has 16 heavy (non-hydrogen) atoms. The average molecular weight is 233 g/mol. The first-order chi connectivity index (χ1) is 7.20. The highest BCUT2D eigenvalue weighted by molar-refractivity contribution is 6.11. The van der Waals surface area contributed by atoms with Crippen molar-refractivity contribution in [3.05, 3.63) is 0 Å². The summed E-state index contributed by atoms with van der Waals surface area (Å²) in [5.74, 6) is -5.27. The van der Waals surface area contributed by atoms with Crippen LogP contribution >= 0.6 is 0 Å². The van der Waals surface area contributed by atoms with Crippen LogP contribution in [0.1, 0.15) is 13.8 Å². The molecule has 0 aromatic rings. The van der Waals surface area contributed by atoms with Crippen LogP contribution in [0.2, 0.25) is 0 Å². The Morgan fingerprint density at radius 2 is 1.31 bits per heavy atom. The van der Waals surface area contributed by atoms with Crippen molar-refractivity contribution >= 4 is 23.7 Å². The molecule has 8 nitrogen and oxygen atoms in total. The summed E-state index contributed by atoms with van der Waals surface area (Å²) < 4.78 is 0. The third kappa shape index (κ3) is 3.11. The smallest absolute Gasteiger partial charge is 0.335 e. The number of amides is 3. The molecule has 90 valence electrons. The molecule has 0 aliphatic carbocycles. The zero-order valence-corrected chi connectivity index (χ0v) is 8.58. The fourth-order valence-electron chi connectivity index (χ4n) is 0.934. The lowest BCUT2D eigenvalue weighted by Gasteiger charge is -2.20. The van der Waals surface area contributed by atoms with E-state index in [-0.39, 0.29) is 4.90 Å². The van der Waals surface area contributed by atoms with E-state index in [2.05, 4.69) is 0 Å². The van der Waals surface area contributed by atoms with Gasteiger partial charge in [-0.05, 0) is 0 Å². The van der Waals surface area contributed by atoms with Crippen molar-refractivity contribution < 1.29 is 34.5 Å². The number of imide groups is 3. The van der Waals surface area contributed by atoms with Crippen LogP contribution in [0.3, 0.4) is 0 Å². The summed E-state index contributed by atoms with van der Waals surface area (Å²) in [6, 6.07) is 0. The van der Waals surface area contributed by atoms with E-state index in [1.807, 2.05) is 0 Å². The van der Waals surface area contributed by atoms with Crippen molar-refractivity contribution in [2.75, 3.05) is 0 Å². The topological polar surface area (TPSA) is 132 Å². The summed E-state index contributed by atoms with van der Waals surface area (Å²) in [5, 5.41) is 26.3. The summed E-state index contributed by atoms with van der Waals surface area (Å²) in [6.45, 7) is 1.78. The maximum atomic E-state index is 11.3. The van der Waals surface area contributed by atoms with Crippen molar-refractivity contribution in [2.24, 2.45) is 0 Å². The molecular formula is C8H11NO7. The molecule has 8 heteroatoms. The lowest BCUT2D eigenvalue weighted by atomic mass is 10.2. The first-order valence-corrected chi connectivity index (χ1v) is 4.14. The standard InChI is InChI=1S/C8H11NO7/c1-3(10)9(4(2)11)7(14)5(12)6(13)8(15)16/h5-6,12-13H,1-2H3,(H,15,16). The number of aliphatic hydroxyl groups is 2. The van der Waals surface area contributed by atoms with Crippen LogP contribution in [0.25, 0.3) is 0 Å². The molecule has 0 saturated carbocycles. The first kappa shape index (κ1) is 14.2. The number of aliphatic carboxylic acids is 1. The molecule has 0 fully saturated rings. The molecule has 0 aromatic carbocycles. The van der Waals surface area contributed by atoms with E-state index < -0.39 is 35.9 Å². The molecule has 0 aliphatic rings. The summed E-state index contributed by atoms with van der Waals surface area (Å²) in [6.07, 6.45) is -4.76. The van der Waals surface area contributed by atoms with E-state index in [0.29, 0.717) is 0 Å². The Labute approximate surface area is 90.1 Å². The van der Waals surface area contributed by atoms with Crippen LogP contribution in [0.4, 0.5) is 0 Å². The van der Waals surface area contributed by atoms with Gasteiger partial charge >= 0.3 is 5.97 Å². The minimum absolute atomic E-state index is 0.0524. The molecule has 0 rings (SSSR count). The van der Waals surface area contributed by atoms with Crippen molar-refractivity contribution in [1.29, 1.82) is 0 Å². The minimum Gasteiger partial charge on any atom is -0.479 e. The molecule has 0 heterocycles. The maximum absolute atomic E-state index is 11.3. The quantitative estimate of drug-likeness (QED) is 0.500. The SMILES string of the molecule is CC(=O)N(C(C)=O)C(=O)C(O)C(O)C(=O)O. The Bertz CT molecular complexity index is 323. The van der Waals surface area contributed by atoms with Gasteiger partial charge in [0.2, 0.25) is 11.8 Å². The largest absolute Gasteiger partial charge is 0.479 e. The second-order valence-electron chi connectivity index (χ2n) is 2.94. The third-order valence-corrected chi connectivity index (χ3v) is 1.66. The number of aliphatic hydroxyl groups excluding tert-OH is 2. The number of carboxylic acids is 1. The average Bonchev–Trinajstić information content (AvgIpc) is 2.13. The summed E-state index contributed by atoms with van der Waals surface area (Å²) in [5.41, 5.74) is 0. The fraction of sp³-hybridized carbons (Fsp3) is 0.500. The first-order valence-electron chi connectivity index (χ1n) is 4.14. The van der Waals surface area contributed by atoms with Crippen LogP contribution in [0.5, 0.6) is 0 Å². The van der Waals surface area contributed by atoms with Crippen LogP contribution < -0.4 is 0 Å². The predicted molar refractivity (Wildman–Crippen MR) is 47.9 cm³/mol. The van der Waals surface area contributed by atoms with Gasteiger partial charge in [0.15, 0.2) is 12.2 Å². The zero-order valence-electron chi connectivity index (χ0n) is 8.58. The van der Waals surface area contributed by atoms with Crippen molar-refractivity contribution in [3.63, 3.8) is 0 Å². The number of carbonyl (C=O) groups excluding carboxylic acids is 3. The van der Waals surface area contributed by atoms with Crippen molar-refractivity contribution in [1.82, 2.24) is 4.90 Å². The van der Waals surface area contributed by atoms with Crippen molar-refractivity contribution in [3.8, 4) is 0 Å². The molecule has 3 N–H and O–H groups in total. The molecule has 0 saturated heterocycles. The second kappa shape index (κ2) is 5.33. The van der Waals surface area contributed by atoms with Crippen LogP contribution in [0.15, 0.2) is 0 Å². The van der Waals surface area contributed by atoms with Gasteiger partial charge < -0.3 is 15.3 Å². The number of nitrogens with zero attached hydrogens (tertiary/aromatic N) is 1. The highest BCUT2D eigenvalue weighted by Crippen LogP contribution is 2.02. The number of rotatable bonds is 3. The van der Waals surface area contributed by atoms with E-state index in [1.165, 1.54) is 0 Å². The van der Waals surface area contributed by atoms with Gasteiger partial charge in [-0.25, -0.2) is 9.69 Å². The monoisotopic (exact) mass is 233 g/mol. The molecule has 0 aliphatic heterocycles. The summed E-state index contributed by atoms with van der Waals surface area (Å²) >= 11 is 0. The number of carbonyl (C=O) groups is 4. The van der Waals surface area contributed by atoms with Gasteiger partial charge in [-0.1, -0.05) is 0 Å². The van der Waals surface area contributed by atoms with E-state index in [9.17, 15) is 19.2 Å². The fourth-order valence-corrected chi connectivity index (χ4v) is 0.934. The van der Waals surface area contributed by atoms with Crippen LogP contribution in [-0.4, -0.2) is 56.1 Å². The maximum Gasteiger partial charge on any atom is 0.335 e. The molecule has 2 atom stereocenters. The summed E-state index contributed by atoms with van der Waals surface area (Å²) in [4.78, 5) is 43.3. The van der Waals surface area contributed by atoms with E-state index in [4.69, 9.17) is 15.3 Å². The zero-order chi connectivity index (χ0) is 13.0. The van der Waals surface area contributed by atoms with Crippen molar-refractivity contribution in [2.45, 2.75) is 26.1 Å². The number of hydrogen-bond acceptors (Lipinski definition) is 6. The Balaban J connectivity index is 4.96. The molecule has 0 aromatic heterocycles. The normalized spacial score (nSPS) is 13.8. The lowest BCUT2D eigenvalue weighted by molar-refractivity contribution is -0.167. The highest BCUT2D eigenvalue weighted by atomic mass is 16.4. The van der Waals surface area contributed by atoms with Crippen LogP contribution in [0, 0.1) is 0 Å². The molecule has 2 unspecified atom stereocenters. The van der Waals surface area contributed by atoms with Gasteiger partial charge in [0.1, 0.15) is 0 Å². The Hall–Kier alpha value is -1.80.